The minimum Gasteiger partial charge on any atom is -0.0617 e. The first-order valence-electron chi connectivity index (χ1n) is 21.1. The Balaban J connectivity index is 0.000000139. The molecule has 0 aliphatic rings. The van der Waals surface area contributed by atoms with E-state index in [4.69, 9.17) is 0 Å². The molecule has 290 valence electrons. The fourth-order valence-corrected chi connectivity index (χ4v) is 8.96. The average Bonchev–Trinajstić information content (AvgIpc) is 3.26. The molecule has 0 heteroatoms. The van der Waals surface area contributed by atoms with E-state index < -0.39 is 0 Å². The second kappa shape index (κ2) is 16.3. The Kier molecular flexibility index (Phi) is 10.5. The minimum absolute atomic E-state index is 1.26. The second-order valence-corrected chi connectivity index (χ2v) is 16.6. The molecule has 0 heterocycles. The van der Waals surface area contributed by atoms with Gasteiger partial charge in [0.2, 0.25) is 0 Å². The van der Waals surface area contributed by atoms with Crippen LogP contribution in [0.5, 0.6) is 0 Å². The number of hydrogen-bond donors (Lipinski definition) is 0. The Morgan fingerprint density at radius 2 is 0.433 bits per heavy atom. The highest BCUT2D eigenvalue weighted by atomic mass is 14.2. The Bertz CT molecular complexity index is 3160. The quantitative estimate of drug-likeness (QED) is 0.154. The van der Waals surface area contributed by atoms with Crippen LogP contribution in [0.25, 0.3) is 86.9 Å². The third-order valence-electron chi connectivity index (χ3n) is 11.9. The molecule has 0 saturated heterocycles. The molecule has 0 N–H and O–H groups in total. The molecule has 0 amide bonds. The van der Waals surface area contributed by atoms with Crippen molar-refractivity contribution in [3.05, 3.63) is 228 Å². The van der Waals surface area contributed by atoms with Gasteiger partial charge in [-0.05, 0) is 141 Å². The van der Waals surface area contributed by atoms with Crippen molar-refractivity contribution in [3.63, 3.8) is 0 Å². The van der Waals surface area contributed by atoms with Crippen molar-refractivity contribution in [1.29, 1.82) is 0 Å². The summed E-state index contributed by atoms with van der Waals surface area (Å²) < 4.78 is 0. The van der Waals surface area contributed by atoms with Gasteiger partial charge in [-0.15, -0.1) is 0 Å². The molecular weight excluding hydrogens is 721 g/mol. The molecule has 11 aromatic carbocycles. The smallest absolute Gasteiger partial charge is 0.00926 e. The van der Waals surface area contributed by atoms with E-state index in [1.54, 1.807) is 0 Å². The van der Waals surface area contributed by atoms with E-state index in [-0.39, 0.29) is 0 Å². The molecule has 0 atom stereocenters. The zero-order valence-corrected chi connectivity index (χ0v) is 35.5. The number of benzene rings is 11. The van der Waals surface area contributed by atoms with E-state index in [1.165, 1.54) is 120 Å². The van der Waals surface area contributed by atoms with Gasteiger partial charge in [0.15, 0.2) is 0 Å². The standard InChI is InChI=1S/C32H24.C20H16.C8H10/c1-21-7-5-9-23(17-21)25-13-15-29-27-11-3-4-12-28(27)30-16-14-26(20-32(30)31(29)19-25)24-10-6-8-22(2)18-24;1-13-7-9-17-15-5-3-4-6-16(15)18-10-8-14(2)12-20(18)19(17)11-13;1-7-4-3-5-8(2)6-7/h3-20H,1-2H3;3-12H,1-2H3;3-6H,1-2H3. The lowest BCUT2D eigenvalue weighted by molar-refractivity contribution is 1.39. The monoisotopic (exact) mass is 770 g/mol. The van der Waals surface area contributed by atoms with Gasteiger partial charge < -0.3 is 0 Å². The molecule has 0 radical (unpaired) electrons. The first kappa shape index (κ1) is 38.5. The molecule has 11 rings (SSSR count). The van der Waals surface area contributed by atoms with E-state index in [0.717, 1.165) is 0 Å². The zero-order valence-electron chi connectivity index (χ0n) is 35.5. The van der Waals surface area contributed by atoms with Gasteiger partial charge in [0.05, 0.1) is 0 Å². The van der Waals surface area contributed by atoms with Crippen molar-refractivity contribution in [1.82, 2.24) is 0 Å². The fourth-order valence-electron chi connectivity index (χ4n) is 8.96. The highest BCUT2D eigenvalue weighted by molar-refractivity contribution is 6.27. The van der Waals surface area contributed by atoms with Crippen molar-refractivity contribution in [2.24, 2.45) is 0 Å². The Morgan fingerprint density at radius 3 is 0.767 bits per heavy atom. The van der Waals surface area contributed by atoms with Crippen LogP contribution in [0.1, 0.15) is 33.4 Å². The number of rotatable bonds is 2. The third kappa shape index (κ3) is 7.66. The minimum atomic E-state index is 1.26. The lowest BCUT2D eigenvalue weighted by atomic mass is 9.90. The summed E-state index contributed by atoms with van der Waals surface area (Å²) in [5.74, 6) is 0. The van der Waals surface area contributed by atoms with E-state index >= 15 is 0 Å². The Morgan fingerprint density at radius 1 is 0.167 bits per heavy atom. The van der Waals surface area contributed by atoms with Crippen LogP contribution in [0.2, 0.25) is 0 Å². The van der Waals surface area contributed by atoms with Crippen LogP contribution in [0.15, 0.2) is 194 Å². The summed E-state index contributed by atoms with van der Waals surface area (Å²) in [5.41, 5.74) is 12.9. The summed E-state index contributed by atoms with van der Waals surface area (Å²) in [7, 11) is 0. The molecule has 11 aromatic rings. The van der Waals surface area contributed by atoms with Gasteiger partial charge in [0.1, 0.15) is 0 Å². The molecule has 60 heavy (non-hydrogen) atoms. The molecule has 0 aliphatic heterocycles. The summed E-state index contributed by atoms with van der Waals surface area (Å²) >= 11 is 0. The highest BCUT2D eigenvalue weighted by Crippen LogP contribution is 2.39. The van der Waals surface area contributed by atoms with Crippen LogP contribution in [0.3, 0.4) is 0 Å². The summed E-state index contributed by atoms with van der Waals surface area (Å²) in [6.07, 6.45) is 0. The maximum Gasteiger partial charge on any atom is -0.00926 e. The van der Waals surface area contributed by atoms with E-state index in [0.29, 0.717) is 0 Å². The fraction of sp³-hybridized carbons (Fsp3) is 0.100. The molecule has 0 bridgehead atoms. The Labute approximate surface area is 354 Å². The summed E-state index contributed by atoms with van der Waals surface area (Å²) in [5, 5.41) is 16.0. The van der Waals surface area contributed by atoms with Crippen LogP contribution >= 0.6 is 0 Å². The van der Waals surface area contributed by atoms with Crippen molar-refractivity contribution in [3.8, 4) is 22.3 Å². The molecule has 0 aromatic heterocycles. The van der Waals surface area contributed by atoms with Gasteiger partial charge in [0.25, 0.3) is 0 Å². The molecule has 0 nitrogen and oxygen atoms in total. The predicted octanol–water partition coefficient (Wildman–Crippen LogP) is 17.2. The van der Waals surface area contributed by atoms with Crippen molar-refractivity contribution in [2.45, 2.75) is 41.5 Å². The largest absolute Gasteiger partial charge is 0.0617 e. The normalized spacial score (nSPS) is 11.2. The van der Waals surface area contributed by atoms with Gasteiger partial charge >= 0.3 is 0 Å². The number of fused-ring (bicyclic) bond motifs is 12. The van der Waals surface area contributed by atoms with Gasteiger partial charge in [0, 0.05) is 0 Å². The molecule has 0 aliphatic carbocycles. The van der Waals surface area contributed by atoms with E-state index in [1.807, 2.05) is 0 Å². The van der Waals surface area contributed by atoms with Crippen molar-refractivity contribution in [2.75, 3.05) is 0 Å². The van der Waals surface area contributed by atoms with Crippen LogP contribution in [0.4, 0.5) is 0 Å². The number of aryl methyl sites for hydroxylation is 6. The zero-order chi connectivity index (χ0) is 41.3. The third-order valence-corrected chi connectivity index (χ3v) is 11.9. The van der Waals surface area contributed by atoms with E-state index in [9.17, 15) is 0 Å². The predicted molar refractivity (Wildman–Crippen MR) is 264 cm³/mol. The molecule has 0 saturated carbocycles. The molecule has 0 unspecified atom stereocenters. The summed E-state index contributed by atoms with van der Waals surface area (Å²) in [4.78, 5) is 0. The maximum atomic E-state index is 2.37. The van der Waals surface area contributed by atoms with E-state index in [2.05, 4.69) is 236 Å². The van der Waals surface area contributed by atoms with Gasteiger partial charge in [-0.2, -0.15) is 0 Å². The van der Waals surface area contributed by atoms with Gasteiger partial charge in [-0.25, -0.2) is 0 Å². The van der Waals surface area contributed by atoms with Crippen LogP contribution in [-0.2, 0) is 0 Å². The SMILES string of the molecule is Cc1ccc2c3ccccc3c3ccc(C)cc3c2c1.Cc1cccc(-c2ccc3c4ccccc4c4ccc(-c5cccc(C)c5)cc4c3c2)c1.Cc1cccc(C)c1. The van der Waals surface area contributed by atoms with Crippen molar-refractivity contribution < 1.29 is 0 Å². The lowest BCUT2D eigenvalue weighted by Gasteiger charge is -2.14. The van der Waals surface area contributed by atoms with Gasteiger partial charge in [-0.1, -0.05) is 215 Å². The maximum absolute atomic E-state index is 2.37. The molecular formula is C60H50. The summed E-state index contributed by atoms with van der Waals surface area (Å²) in [6, 6.07) is 70.9. The van der Waals surface area contributed by atoms with Crippen LogP contribution in [-0.4, -0.2) is 0 Å². The first-order valence-corrected chi connectivity index (χ1v) is 21.1. The lowest BCUT2D eigenvalue weighted by Crippen LogP contribution is -1.87. The second-order valence-electron chi connectivity index (χ2n) is 16.6. The Hall–Kier alpha value is -7.02. The van der Waals surface area contributed by atoms with Crippen LogP contribution < -0.4 is 0 Å². The summed E-state index contributed by atoms with van der Waals surface area (Å²) in [6.45, 7) is 12.8. The highest BCUT2D eigenvalue weighted by Gasteiger charge is 2.12. The first-order chi connectivity index (χ1) is 29.2. The van der Waals surface area contributed by atoms with Gasteiger partial charge in [-0.3, -0.25) is 0 Å². The molecule has 0 fully saturated rings. The molecule has 0 spiro atoms. The number of hydrogen-bond acceptors (Lipinski definition) is 0. The van der Waals surface area contributed by atoms with Crippen molar-refractivity contribution >= 4 is 64.6 Å². The van der Waals surface area contributed by atoms with Crippen LogP contribution in [0, 0.1) is 41.5 Å². The topological polar surface area (TPSA) is 0 Å². The average molecular weight is 771 g/mol.